The normalized spacial score (nSPS) is 10.4. The molecule has 1 N–H and O–H groups in total. The zero-order chi connectivity index (χ0) is 17.1. The summed E-state index contributed by atoms with van der Waals surface area (Å²) in [6, 6.07) is 11.9. The van der Waals surface area contributed by atoms with E-state index in [1.165, 1.54) is 19.2 Å². The number of aromatic amines is 1. The summed E-state index contributed by atoms with van der Waals surface area (Å²) in [7, 11) is 2.98. The molecule has 0 saturated carbocycles. The first kappa shape index (κ1) is 15.5. The van der Waals surface area contributed by atoms with E-state index >= 15 is 0 Å². The number of nitro groups is 1. The standard InChI is InChI=1S/C16H14N4O4/c1-23-12-6-3-10(4-7-12)15-17-16(19-18-15)11-5-8-14(24-2)13(9-11)20(21)22/h3-9H,1-2H3,(H,17,18,19). The fraction of sp³-hybridized carbons (Fsp3) is 0.125. The Morgan fingerprint density at radius 2 is 1.75 bits per heavy atom. The number of aromatic nitrogens is 3. The van der Waals surface area contributed by atoms with Crippen molar-refractivity contribution >= 4 is 5.69 Å². The number of hydrogen-bond acceptors (Lipinski definition) is 6. The molecule has 1 aromatic heterocycles. The average molecular weight is 326 g/mol. The van der Waals surface area contributed by atoms with Crippen molar-refractivity contribution in [3.8, 4) is 34.3 Å². The van der Waals surface area contributed by atoms with Crippen LogP contribution in [0.3, 0.4) is 0 Å². The predicted molar refractivity (Wildman–Crippen MR) is 87.0 cm³/mol. The molecule has 0 aliphatic carbocycles. The third kappa shape index (κ3) is 2.89. The van der Waals surface area contributed by atoms with Crippen LogP contribution in [0.1, 0.15) is 0 Å². The van der Waals surface area contributed by atoms with Gasteiger partial charge in [-0.15, -0.1) is 0 Å². The molecular weight excluding hydrogens is 312 g/mol. The van der Waals surface area contributed by atoms with Crippen LogP contribution >= 0.6 is 0 Å². The maximum Gasteiger partial charge on any atom is 0.311 e. The molecule has 24 heavy (non-hydrogen) atoms. The van der Waals surface area contributed by atoms with Crippen molar-refractivity contribution in [1.29, 1.82) is 0 Å². The summed E-state index contributed by atoms with van der Waals surface area (Å²) >= 11 is 0. The lowest BCUT2D eigenvalue weighted by Gasteiger charge is -2.02. The van der Waals surface area contributed by atoms with Crippen LogP contribution in [0, 0.1) is 10.1 Å². The van der Waals surface area contributed by atoms with Crippen molar-refractivity contribution in [2.24, 2.45) is 0 Å². The maximum atomic E-state index is 11.1. The van der Waals surface area contributed by atoms with E-state index in [-0.39, 0.29) is 11.4 Å². The smallest absolute Gasteiger partial charge is 0.311 e. The van der Waals surface area contributed by atoms with Crippen LogP contribution in [0.25, 0.3) is 22.8 Å². The first-order chi connectivity index (χ1) is 11.6. The summed E-state index contributed by atoms with van der Waals surface area (Å²) in [6.45, 7) is 0. The third-order valence-corrected chi connectivity index (χ3v) is 3.48. The molecule has 0 aliphatic heterocycles. The van der Waals surface area contributed by atoms with E-state index in [9.17, 15) is 10.1 Å². The highest BCUT2D eigenvalue weighted by atomic mass is 16.6. The van der Waals surface area contributed by atoms with Gasteiger partial charge in [0.2, 0.25) is 0 Å². The molecule has 3 aromatic rings. The number of rotatable bonds is 5. The van der Waals surface area contributed by atoms with E-state index in [4.69, 9.17) is 9.47 Å². The summed E-state index contributed by atoms with van der Waals surface area (Å²) in [5.41, 5.74) is 1.22. The van der Waals surface area contributed by atoms with Crippen molar-refractivity contribution in [3.05, 3.63) is 52.6 Å². The van der Waals surface area contributed by atoms with Crippen molar-refractivity contribution in [1.82, 2.24) is 15.2 Å². The Bertz CT molecular complexity index is 874. The number of H-pyrrole nitrogens is 1. The second-order valence-corrected chi connectivity index (χ2v) is 4.88. The Balaban J connectivity index is 1.95. The Morgan fingerprint density at radius 1 is 1.04 bits per heavy atom. The number of hydrogen-bond donors (Lipinski definition) is 1. The fourth-order valence-electron chi connectivity index (χ4n) is 2.24. The maximum absolute atomic E-state index is 11.1. The topological polar surface area (TPSA) is 103 Å². The molecule has 0 radical (unpaired) electrons. The molecule has 0 unspecified atom stereocenters. The van der Waals surface area contributed by atoms with Gasteiger partial charge in [0.1, 0.15) is 5.75 Å². The molecule has 0 aliphatic rings. The number of benzene rings is 2. The van der Waals surface area contributed by atoms with Crippen LogP contribution in [-0.2, 0) is 0 Å². The lowest BCUT2D eigenvalue weighted by atomic mass is 10.1. The van der Waals surface area contributed by atoms with Gasteiger partial charge in [-0.3, -0.25) is 15.2 Å². The van der Waals surface area contributed by atoms with E-state index in [1.807, 2.05) is 24.3 Å². The Labute approximate surface area is 137 Å². The Kier molecular flexibility index (Phi) is 4.11. The molecule has 0 atom stereocenters. The van der Waals surface area contributed by atoms with Gasteiger partial charge in [0.05, 0.1) is 19.1 Å². The van der Waals surface area contributed by atoms with Crippen LogP contribution in [0.5, 0.6) is 11.5 Å². The molecular formula is C16H14N4O4. The average Bonchev–Trinajstić information content (AvgIpc) is 3.11. The number of nitrogens with zero attached hydrogens (tertiary/aromatic N) is 3. The zero-order valence-corrected chi connectivity index (χ0v) is 13.0. The van der Waals surface area contributed by atoms with Crippen LogP contribution < -0.4 is 9.47 Å². The molecule has 0 bridgehead atoms. The summed E-state index contributed by atoms with van der Waals surface area (Å²) in [4.78, 5) is 15.0. The van der Waals surface area contributed by atoms with Crippen LogP contribution in [0.4, 0.5) is 5.69 Å². The SMILES string of the molecule is COc1ccc(-c2nc(-c3ccc(OC)c([N+](=O)[O-])c3)n[nH]2)cc1. The quantitative estimate of drug-likeness (QED) is 0.571. The van der Waals surface area contributed by atoms with Crippen molar-refractivity contribution in [2.45, 2.75) is 0 Å². The molecule has 0 amide bonds. The van der Waals surface area contributed by atoms with E-state index < -0.39 is 4.92 Å². The molecule has 8 heteroatoms. The van der Waals surface area contributed by atoms with E-state index in [2.05, 4.69) is 15.2 Å². The second kappa shape index (κ2) is 6.37. The van der Waals surface area contributed by atoms with Crippen LogP contribution in [-0.4, -0.2) is 34.3 Å². The highest BCUT2D eigenvalue weighted by Gasteiger charge is 2.17. The van der Waals surface area contributed by atoms with Gasteiger partial charge in [-0.1, -0.05) is 0 Å². The lowest BCUT2D eigenvalue weighted by Crippen LogP contribution is -1.94. The molecule has 0 saturated heterocycles. The Morgan fingerprint density at radius 3 is 2.38 bits per heavy atom. The van der Waals surface area contributed by atoms with Gasteiger partial charge < -0.3 is 9.47 Å². The highest BCUT2D eigenvalue weighted by Crippen LogP contribution is 2.31. The number of nitro benzene ring substituents is 1. The van der Waals surface area contributed by atoms with Crippen molar-refractivity contribution in [3.63, 3.8) is 0 Å². The highest BCUT2D eigenvalue weighted by molar-refractivity contribution is 5.66. The van der Waals surface area contributed by atoms with E-state index in [0.29, 0.717) is 17.2 Å². The predicted octanol–water partition coefficient (Wildman–Crippen LogP) is 3.06. The van der Waals surface area contributed by atoms with Gasteiger partial charge in [0.15, 0.2) is 17.4 Å². The number of nitrogens with one attached hydrogen (secondary N) is 1. The molecule has 122 valence electrons. The minimum absolute atomic E-state index is 0.134. The van der Waals surface area contributed by atoms with Gasteiger partial charge in [0.25, 0.3) is 0 Å². The van der Waals surface area contributed by atoms with E-state index in [0.717, 1.165) is 11.3 Å². The summed E-state index contributed by atoms with van der Waals surface area (Å²) in [6.07, 6.45) is 0. The first-order valence-electron chi connectivity index (χ1n) is 7.02. The van der Waals surface area contributed by atoms with Crippen molar-refractivity contribution < 1.29 is 14.4 Å². The van der Waals surface area contributed by atoms with Gasteiger partial charge in [0, 0.05) is 17.2 Å². The molecule has 3 rings (SSSR count). The zero-order valence-electron chi connectivity index (χ0n) is 13.0. The number of ether oxygens (including phenoxy) is 2. The molecule has 0 spiro atoms. The van der Waals surface area contributed by atoms with Crippen LogP contribution in [0.2, 0.25) is 0 Å². The van der Waals surface area contributed by atoms with Gasteiger partial charge in [-0.25, -0.2) is 4.98 Å². The minimum atomic E-state index is -0.501. The fourth-order valence-corrected chi connectivity index (χ4v) is 2.24. The largest absolute Gasteiger partial charge is 0.497 e. The van der Waals surface area contributed by atoms with Gasteiger partial charge >= 0.3 is 5.69 Å². The lowest BCUT2D eigenvalue weighted by molar-refractivity contribution is -0.385. The summed E-state index contributed by atoms with van der Waals surface area (Å²) in [5.74, 6) is 1.86. The van der Waals surface area contributed by atoms with Crippen molar-refractivity contribution in [2.75, 3.05) is 14.2 Å². The molecule has 2 aromatic carbocycles. The third-order valence-electron chi connectivity index (χ3n) is 3.48. The van der Waals surface area contributed by atoms with Gasteiger partial charge in [-0.05, 0) is 36.4 Å². The Hall–Kier alpha value is -3.42. The molecule has 8 nitrogen and oxygen atoms in total. The van der Waals surface area contributed by atoms with Gasteiger partial charge in [-0.2, -0.15) is 5.10 Å². The summed E-state index contributed by atoms with van der Waals surface area (Å²) in [5, 5.41) is 18.1. The number of methoxy groups -OCH3 is 2. The minimum Gasteiger partial charge on any atom is -0.497 e. The van der Waals surface area contributed by atoms with Crippen LogP contribution in [0.15, 0.2) is 42.5 Å². The first-order valence-corrected chi connectivity index (χ1v) is 7.02. The monoisotopic (exact) mass is 326 g/mol. The molecule has 1 heterocycles. The van der Waals surface area contributed by atoms with E-state index in [1.54, 1.807) is 13.2 Å². The molecule has 0 fully saturated rings. The second-order valence-electron chi connectivity index (χ2n) is 4.88. The summed E-state index contributed by atoms with van der Waals surface area (Å²) < 4.78 is 10.1.